The summed E-state index contributed by atoms with van der Waals surface area (Å²) in [5, 5.41) is -0.160. The fourth-order valence-electron chi connectivity index (χ4n) is 1.20. The van der Waals surface area contributed by atoms with Gasteiger partial charge in [0.05, 0.1) is 5.56 Å². The van der Waals surface area contributed by atoms with Crippen LogP contribution in [0.1, 0.15) is 32.0 Å². The molecule has 0 fully saturated rings. The Balaban J connectivity index is 2.76. The molecule has 17 heavy (non-hydrogen) atoms. The van der Waals surface area contributed by atoms with Crippen molar-refractivity contribution in [1.82, 2.24) is 4.98 Å². The molecule has 0 radical (unpaired) electrons. The number of aromatic nitrogens is 1. The monoisotopic (exact) mass is 265 g/mol. The summed E-state index contributed by atoms with van der Waals surface area (Å²) >= 11 is 6.16. The first-order valence-electron chi connectivity index (χ1n) is 5.27. The van der Waals surface area contributed by atoms with E-state index in [4.69, 9.17) is 11.6 Å². The summed E-state index contributed by atoms with van der Waals surface area (Å²) in [4.78, 5) is 3.79. The molecule has 0 aliphatic rings. The number of alkyl halides is 4. The zero-order chi connectivity index (χ0) is 13.3. The van der Waals surface area contributed by atoms with E-state index < -0.39 is 11.7 Å². The van der Waals surface area contributed by atoms with Crippen molar-refractivity contribution in [3.05, 3.63) is 29.6 Å². The van der Waals surface area contributed by atoms with Crippen molar-refractivity contribution in [1.29, 1.82) is 0 Å². The molecule has 1 nitrogen and oxygen atoms in total. The Morgan fingerprint density at radius 1 is 1.24 bits per heavy atom. The number of nitrogens with zero attached hydrogens (tertiary/aromatic N) is 1. The summed E-state index contributed by atoms with van der Waals surface area (Å²) in [6.45, 7) is 5.94. The first kappa shape index (κ1) is 14.3. The summed E-state index contributed by atoms with van der Waals surface area (Å²) in [6, 6.07) is 2.42. The fraction of sp³-hybridized carbons (Fsp3) is 0.583. The van der Waals surface area contributed by atoms with Gasteiger partial charge in [0, 0.05) is 23.7 Å². The lowest BCUT2D eigenvalue weighted by Gasteiger charge is -2.24. The Morgan fingerprint density at radius 2 is 1.82 bits per heavy atom. The minimum Gasteiger partial charge on any atom is -0.261 e. The minimum absolute atomic E-state index is 0.105. The van der Waals surface area contributed by atoms with E-state index in [1.165, 1.54) is 6.07 Å². The van der Waals surface area contributed by atoms with Crippen LogP contribution in [-0.2, 0) is 12.6 Å². The first-order chi connectivity index (χ1) is 7.60. The topological polar surface area (TPSA) is 12.9 Å². The van der Waals surface area contributed by atoms with Gasteiger partial charge in [-0.1, -0.05) is 20.8 Å². The summed E-state index contributed by atoms with van der Waals surface area (Å²) < 4.78 is 36.9. The lowest BCUT2D eigenvalue weighted by Crippen LogP contribution is -2.23. The molecule has 1 rings (SSSR count). The average molecular weight is 266 g/mol. The van der Waals surface area contributed by atoms with Crippen molar-refractivity contribution < 1.29 is 13.2 Å². The minimum atomic E-state index is -4.34. The van der Waals surface area contributed by atoms with Crippen molar-refractivity contribution in [2.24, 2.45) is 5.41 Å². The molecule has 0 bridgehead atoms. The maximum Gasteiger partial charge on any atom is 0.417 e. The Hall–Kier alpha value is -0.770. The highest BCUT2D eigenvalue weighted by molar-refractivity contribution is 6.21. The van der Waals surface area contributed by atoms with Crippen molar-refractivity contribution in [2.75, 3.05) is 0 Å². The molecule has 0 saturated carbocycles. The molecule has 1 atom stereocenters. The molecule has 1 heterocycles. The van der Waals surface area contributed by atoms with Crippen LogP contribution in [0.2, 0.25) is 0 Å². The van der Waals surface area contributed by atoms with Crippen LogP contribution in [0.4, 0.5) is 13.2 Å². The second-order valence-electron chi connectivity index (χ2n) is 5.07. The Bertz CT molecular complexity index is 365. The second kappa shape index (κ2) is 4.84. The van der Waals surface area contributed by atoms with Gasteiger partial charge in [0.15, 0.2) is 0 Å². The maximum atomic E-state index is 12.3. The molecule has 0 aliphatic carbocycles. The van der Waals surface area contributed by atoms with Gasteiger partial charge in [0.2, 0.25) is 0 Å². The third-order valence-corrected chi connectivity index (χ3v) is 3.29. The molecule has 0 aromatic carbocycles. The van der Waals surface area contributed by atoms with E-state index in [0.717, 1.165) is 12.3 Å². The number of hydrogen-bond donors (Lipinski definition) is 0. The van der Waals surface area contributed by atoms with Crippen LogP contribution >= 0.6 is 11.6 Å². The highest BCUT2D eigenvalue weighted by Gasteiger charge is 2.31. The number of halogens is 4. The van der Waals surface area contributed by atoms with Crippen molar-refractivity contribution in [3.63, 3.8) is 0 Å². The van der Waals surface area contributed by atoms with E-state index in [9.17, 15) is 13.2 Å². The van der Waals surface area contributed by atoms with Crippen LogP contribution in [-0.4, -0.2) is 10.4 Å². The first-order valence-corrected chi connectivity index (χ1v) is 5.70. The third kappa shape index (κ3) is 4.19. The van der Waals surface area contributed by atoms with E-state index in [0.29, 0.717) is 12.1 Å². The number of rotatable bonds is 2. The lowest BCUT2D eigenvalue weighted by atomic mass is 9.89. The summed E-state index contributed by atoms with van der Waals surface area (Å²) in [7, 11) is 0. The zero-order valence-corrected chi connectivity index (χ0v) is 10.7. The lowest BCUT2D eigenvalue weighted by molar-refractivity contribution is -0.137. The number of pyridine rings is 1. The second-order valence-corrected chi connectivity index (χ2v) is 5.60. The van der Waals surface area contributed by atoms with Gasteiger partial charge < -0.3 is 0 Å². The Kier molecular flexibility index (Phi) is 4.07. The quantitative estimate of drug-likeness (QED) is 0.727. The van der Waals surface area contributed by atoms with Gasteiger partial charge in [-0.05, 0) is 17.5 Å². The van der Waals surface area contributed by atoms with Gasteiger partial charge in [-0.2, -0.15) is 13.2 Å². The zero-order valence-electron chi connectivity index (χ0n) is 9.98. The predicted octanol–water partition coefficient (Wildman–Crippen LogP) is 4.30. The highest BCUT2D eigenvalue weighted by Crippen LogP contribution is 2.30. The van der Waals surface area contributed by atoms with E-state index in [1.54, 1.807) is 0 Å². The van der Waals surface area contributed by atoms with Gasteiger partial charge in [0.1, 0.15) is 0 Å². The average Bonchev–Trinajstić information content (AvgIpc) is 2.15. The van der Waals surface area contributed by atoms with E-state index >= 15 is 0 Å². The standard InChI is InChI=1S/C12H15ClF3N/c1-11(2,3)10(13)6-9-5-4-8(7-17-9)12(14,15)16/h4-5,7,10H,6H2,1-3H3. The fourth-order valence-corrected chi connectivity index (χ4v) is 1.36. The van der Waals surface area contributed by atoms with Gasteiger partial charge in [-0.15, -0.1) is 11.6 Å². The van der Waals surface area contributed by atoms with Crippen LogP contribution in [0.3, 0.4) is 0 Å². The van der Waals surface area contributed by atoms with Crippen LogP contribution in [0.15, 0.2) is 18.3 Å². The van der Waals surface area contributed by atoms with E-state index in [1.807, 2.05) is 20.8 Å². The van der Waals surface area contributed by atoms with Crippen molar-refractivity contribution >= 4 is 11.6 Å². The summed E-state index contributed by atoms with van der Waals surface area (Å²) in [5.74, 6) is 0. The van der Waals surface area contributed by atoms with Gasteiger partial charge >= 0.3 is 6.18 Å². The molecule has 1 aromatic heterocycles. The molecule has 1 unspecified atom stereocenters. The number of hydrogen-bond acceptors (Lipinski definition) is 1. The van der Waals surface area contributed by atoms with Crippen molar-refractivity contribution in [3.8, 4) is 0 Å². The molecule has 0 N–H and O–H groups in total. The Morgan fingerprint density at radius 3 is 2.18 bits per heavy atom. The van der Waals surface area contributed by atoms with Crippen LogP contribution in [0.25, 0.3) is 0 Å². The molecule has 0 saturated heterocycles. The van der Waals surface area contributed by atoms with Crippen LogP contribution < -0.4 is 0 Å². The molecule has 0 spiro atoms. The van der Waals surface area contributed by atoms with Crippen LogP contribution in [0.5, 0.6) is 0 Å². The van der Waals surface area contributed by atoms with Crippen molar-refractivity contribution in [2.45, 2.75) is 38.7 Å². The molecule has 0 aliphatic heterocycles. The molecule has 1 aromatic rings. The molecular weight excluding hydrogens is 251 g/mol. The van der Waals surface area contributed by atoms with Gasteiger partial charge in [-0.3, -0.25) is 4.98 Å². The van der Waals surface area contributed by atoms with E-state index in [2.05, 4.69) is 4.98 Å². The SMILES string of the molecule is CC(C)(C)C(Cl)Cc1ccc(C(F)(F)F)cn1. The maximum absolute atomic E-state index is 12.3. The van der Waals surface area contributed by atoms with Crippen LogP contribution in [0, 0.1) is 5.41 Å². The van der Waals surface area contributed by atoms with Gasteiger partial charge in [0.25, 0.3) is 0 Å². The largest absolute Gasteiger partial charge is 0.417 e. The molecule has 96 valence electrons. The molecule has 5 heteroatoms. The normalized spacial score (nSPS) is 14.8. The molecular formula is C12H15ClF3N. The molecule has 0 amide bonds. The predicted molar refractivity (Wildman–Crippen MR) is 62.0 cm³/mol. The summed E-state index contributed by atoms with van der Waals surface area (Å²) in [5.41, 5.74) is -0.262. The smallest absolute Gasteiger partial charge is 0.261 e. The third-order valence-electron chi connectivity index (χ3n) is 2.48. The van der Waals surface area contributed by atoms with E-state index in [-0.39, 0.29) is 10.8 Å². The highest BCUT2D eigenvalue weighted by atomic mass is 35.5. The Labute approximate surface area is 104 Å². The van der Waals surface area contributed by atoms with Gasteiger partial charge in [-0.25, -0.2) is 0 Å². The summed E-state index contributed by atoms with van der Waals surface area (Å²) in [6.07, 6.45) is -3.03.